The molecule has 0 saturated carbocycles. The van der Waals surface area contributed by atoms with Crippen molar-refractivity contribution in [3.63, 3.8) is 0 Å². The highest BCUT2D eigenvalue weighted by Crippen LogP contribution is 2.23. The van der Waals surface area contributed by atoms with E-state index >= 15 is 0 Å². The standard InChI is InChI=1S/C20H24N2O2S/c1-4-17(20(24)22-19-14(2)9-8-10-15(19)3)25-13-18(23)21-16-11-6-5-7-12-16/h5-12,17H,4,13H2,1-3H3,(H,21,23)(H,22,24). The van der Waals surface area contributed by atoms with Crippen LogP contribution in [-0.4, -0.2) is 22.8 Å². The van der Waals surface area contributed by atoms with Crippen molar-refractivity contribution < 1.29 is 9.59 Å². The Morgan fingerprint density at radius 2 is 1.60 bits per heavy atom. The molecule has 0 saturated heterocycles. The highest BCUT2D eigenvalue weighted by molar-refractivity contribution is 8.01. The van der Waals surface area contributed by atoms with Crippen LogP contribution in [-0.2, 0) is 9.59 Å². The van der Waals surface area contributed by atoms with E-state index < -0.39 is 0 Å². The number of anilines is 2. The molecule has 132 valence electrons. The van der Waals surface area contributed by atoms with Gasteiger partial charge < -0.3 is 10.6 Å². The molecule has 0 heterocycles. The smallest absolute Gasteiger partial charge is 0.237 e. The molecule has 0 aliphatic carbocycles. The van der Waals surface area contributed by atoms with Crippen LogP contribution in [0.4, 0.5) is 11.4 Å². The number of carbonyl (C=O) groups excluding carboxylic acids is 2. The van der Waals surface area contributed by atoms with Crippen molar-refractivity contribution >= 4 is 35.0 Å². The van der Waals surface area contributed by atoms with Gasteiger partial charge in [-0.25, -0.2) is 0 Å². The van der Waals surface area contributed by atoms with Gasteiger partial charge in [0.15, 0.2) is 0 Å². The van der Waals surface area contributed by atoms with E-state index in [1.165, 1.54) is 11.8 Å². The largest absolute Gasteiger partial charge is 0.325 e. The quantitative estimate of drug-likeness (QED) is 0.773. The van der Waals surface area contributed by atoms with Crippen molar-refractivity contribution in [3.05, 3.63) is 59.7 Å². The summed E-state index contributed by atoms with van der Waals surface area (Å²) in [5.74, 6) is 0.0834. The predicted octanol–water partition coefficient (Wildman–Crippen LogP) is 4.39. The molecule has 0 aliphatic heterocycles. The zero-order valence-corrected chi connectivity index (χ0v) is 15.7. The Balaban J connectivity index is 1.91. The Morgan fingerprint density at radius 1 is 0.960 bits per heavy atom. The molecular formula is C20H24N2O2S. The summed E-state index contributed by atoms with van der Waals surface area (Å²) in [6.07, 6.45) is 0.667. The number of thioether (sulfide) groups is 1. The maximum absolute atomic E-state index is 12.6. The Kier molecular flexibility index (Phi) is 7.07. The molecule has 2 rings (SSSR count). The third kappa shape index (κ3) is 5.64. The van der Waals surface area contributed by atoms with Crippen LogP contribution in [0.15, 0.2) is 48.5 Å². The third-order valence-electron chi connectivity index (χ3n) is 3.87. The third-order valence-corrected chi connectivity index (χ3v) is 5.24. The molecule has 0 aromatic heterocycles. The van der Waals surface area contributed by atoms with E-state index in [-0.39, 0.29) is 22.8 Å². The van der Waals surface area contributed by atoms with Crippen molar-refractivity contribution in [2.75, 3.05) is 16.4 Å². The van der Waals surface area contributed by atoms with Gasteiger partial charge in [-0.2, -0.15) is 0 Å². The van der Waals surface area contributed by atoms with Crippen molar-refractivity contribution in [2.24, 2.45) is 0 Å². The topological polar surface area (TPSA) is 58.2 Å². The molecule has 4 nitrogen and oxygen atoms in total. The highest BCUT2D eigenvalue weighted by atomic mass is 32.2. The lowest BCUT2D eigenvalue weighted by molar-refractivity contribution is -0.115. The maximum Gasteiger partial charge on any atom is 0.237 e. The summed E-state index contributed by atoms with van der Waals surface area (Å²) in [7, 11) is 0. The number of rotatable bonds is 7. The lowest BCUT2D eigenvalue weighted by atomic mass is 10.1. The fourth-order valence-electron chi connectivity index (χ4n) is 2.49. The summed E-state index contributed by atoms with van der Waals surface area (Å²) >= 11 is 1.36. The second kappa shape index (κ2) is 9.28. The second-order valence-electron chi connectivity index (χ2n) is 5.88. The van der Waals surface area contributed by atoms with Crippen LogP contribution in [0, 0.1) is 13.8 Å². The Labute approximate surface area is 153 Å². The highest BCUT2D eigenvalue weighted by Gasteiger charge is 2.19. The Morgan fingerprint density at radius 3 is 2.20 bits per heavy atom. The number of para-hydroxylation sites is 2. The van der Waals surface area contributed by atoms with Crippen molar-refractivity contribution in [1.82, 2.24) is 0 Å². The molecule has 2 amide bonds. The lowest BCUT2D eigenvalue weighted by Gasteiger charge is -2.17. The van der Waals surface area contributed by atoms with Gasteiger partial charge in [-0.1, -0.05) is 43.3 Å². The summed E-state index contributed by atoms with van der Waals surface area (Å²) in [6, 6.07) is 15.2. The van der Waals surface area contributed by atoms with Crippen LogP contribution >= 0.6 is 11.8 Å². The molecular weight excluding hydrogens is 332 g/mol. The minimum atomic E-state index is -0.263. The fourth-order valence-corrected chi connectivity index (χ4v) is 3.36. The molecule has 0 aliphatic rings. The van der Waals surface area contributed by atoms with E-state index in [1.807, 2.05) is 69.3 Å². The number of hydrogen-bond donors (Lipinski definition) is 2. The van der Waals surface area contributed by atoms with Gasteiger partial charge in [-0.15, -0.1) is 11.8 Å². The summed E-state index contributed by atoms with van der Waals surface area (Å²) in [4.78, 5) is 24.6. The van der Waals surface area contributed by atoms with Gasteiger partial charge in [0.1, 0.15) is 0 Å². The molecule has 1 unspecified atom stereocenters. The molecule has 2 aromatic carbocycles. The normalized spacial score (nSPS) is 11.6. The van der Waals surface area contributed by atoms with Crippen LogP contribution in [0.1, 0.15) is 24.5 Å². The monoisotopic (exact) mass is 356 g/mol. The molecule has 2 aromatic rings. The number of aryl methyl sites for hydroxylation is 2. The summed E-state index contributed by atoms with van der Waals surface area (Å²) in [5, 5.41) is 5.58. The number of carbonyl (C=O) groups is 2. The van der Waals surface area contributed by atoms with E-state index in [2.05, 4.69) is 10.6 Å². The molecule has 2 N–H and O–H groups in total. The minimum Gasteiger partial charge on any atom is -0.325 e. The summed E-state index contributed by atoms with van der Waals surface area (Å²) in [5.41, 5.74) is 3.70. The first-order valence-electron chi connectivity index (χ1n) is 8.34. The van der Waals surface area contributed by atoms with Gasteiger partial charge in [0.2, 0.25) is 11.8 Å². The lowest BCUT2D eigenvalue weighted by Crippen LogP contribution is -2.27. The van der Waals surface area contributed by atoms with Crippen molar-refractivity contribution in [1.29, 1.82) is 0 Å². The van der Waals surface area contributed by atoms with Gasteiger partial charge in [0.25, 0.3) is 0 Å². The summed E-state index contributed by atoms with van der Waals surface area (Å²) < 4.78 is 0. The van der Waals surface area contributed by atoms with Crippen molar-refractivity contribution in [3.8, 4) is 0 Å². The van der Waals surface area contributed by atoms with Gasteiger partial charge in [-0.05, 0) is 43.5 Å². The maximum atomic E-state index is 12.6. The van der Waals surface area contributed by atoms with E-state index in [9.17, 15) is 9.59 Å². The van der Waals surface area contributed by atoms with Gasteiger partial charge in [0, 0.05) is 11.4 Å². The van der Waals surface area contributed by atoms with E-state index in [0.29, 0.717) is 6.42 Å². The number of benzene rings is 2. The predicted molar refractivity (Wildman–Crippen MR) is 106 cm³/mol. The Bertz CT molecular complexity index is 711. The number of hydrogen-bond acceptors (Lipinski definition) is 3. The average molecular weight is 356 g/mol. The molecule has 25 heavy (non-hydrogen) atoms. The molecule has 0 fully saturated rings. The molecule has 0 radical (unpaired) electrons. The van der Waals surface area contributed by atoms with Crippen LogP contribution in [0.2, 0.25) is 0 Å². The van der Waals surface area contributed by atoms with E-state index in [0.717, 1.165) is 22.5 Å². The minimum absolute atomic E-state index is 0.0580. The number of amides is 2. The van der Waals surface area contributed by atoms with Crippen LogP contribution in [0.5, 0.6) is 0 Å². The SMILES string of the molecule is CCC(SCC(=O)Nc1ccccc1)C(=O)Nc1c(C)cccc1C. The van der Waals surface area contributed by atoms with Crippen molar-refractivity contribution in [2.45, 2.75) is 32.4 Å². The second-order valence-corrected chi connectivity index (χ2v) is 7.07. The first-order chi connectivity index (χ1) is 12.0. The molecule has 5 heteroatoms. The van der Waals surface area contributed by atoms with Gasteiger partial charge in [0.05, 0.1) is 11.0 Å². The Hall–Kier alpha value is -2.27. The van der Waals surface area contributed by atoms with E-state index in [1.54, 1.807) is 0 Å². The number of nitrogens with one attached hydrogen (secondary N) is 2. The molecule has 1 atom stereocenters. The summed E-state index contributed by atoms with van der Waals surface area (Å²) in [6.45, 7) is 5.91. The zero-order valence-electron chi connectivity index (χ0n) is 14.8. The average Bonchev–Trinajstić information content (AvgIpc) is 2.59. The molecule has 0 spiro atoms. The first kappa shape index (κ1) is 19.1. The first-order valence-corrected chi connectivity index (χ1v) is 9.39. The van der Waals surface area contributed by atoms with Gasteiger partial charge in [-0.3, -0.25) is 9.59 Å². The van der Waals surface area contributed by atoms with Crippen LogP contribution in [0.25, 0.3) is 0 Å². The van der Waals surface area contributed by atoms with Gasteiger partial charge >= 0.3 is 0 Å². The van der Waals surface area contributed by atoms with Crippen LogP contribution < -0.4 is 10.6 Å². The van der Waals surface area contributed by atoms with Crippen LogP contribution in [0.3, 0.4) is 0 Å². The zero-order chi connectivity index (χ0) is 18.2. The fraction of sp³-hybridized carbons (Fsp3) is 0.300. The van der Waals surface area contributed by atoms with E-state index in [4.69, 9.17) is 0 Å². The molecule has 0 bridgehead atoms.